The average molecular weight is 880 g/mol. The van der Waals surface area contributed by atoms with Crippen molar-refractivity contribution in [3.8, 4) is 22.9 Å². The van der Waals surface area contributed by atoms with E-state index in [1.807, 2.05) is 35.4 Å². The molecule has 2 saturated carbocycles. The molecule has 3 fully saturated rings. The first-order chi connectivity index (χ1) is 29.2. The van der Waals surface area contributed by atoms with Crippen LogP contribution in [0.3, 0.4) is 0 Å². The summed E-state index contributed by atoms with van der Waals surface area (Å²) in [4.78, 5) is 53.7. The van der Waals surface area contributed by atoms with Gasteiger partial charge in [-0.1, -0.05) is 25.0 Å². The van der Waals surface area contributed by atoms with Crippen LogP contribution in [0.5, 0.6) is 11.5 Å². The van der Waals surface area contributed by atoms with E-state index in [0.29, 0.717) is 60.5 Å². The first kappa shape index (κ1) is 44.6. The fourth-order valence-electron chi connectivity index (χ4n) is 9.04. The highest BCUT2D eigenvalue weighted by molar-refractivity contribution is 7.87. The van der Waals surface area contributed by atoms with E-state index in [9.17, 15) is 22.8 Å². The number of aromatic nitrogens is 2. The van der Waals surface area contributed by atoms with E-state index >= 15 is 0 Å². The molecule has 332 valence electrons. The zero-order valence-electron chi connectivity index (χ0n) is 36.2. The second-order valence-electron chi connectivity index (χ2n) is 17.6. The van der Waals surface area contributed by atoms with Crippen molar-refractivity contribution in [2.45, 2.75) is 135 Å². The van der Waals surface area contributed by atoms with Gasteiger partial charge in [-0.15, -0.1) is 11.3 Å². The summed E-state index contributed by atoms with van der Waals surface area (Å²) in [5.41, 5.74) is 1.94. The van der Waals surface area contributed by atoms with Gasteiger partial charge in [0.05, 0.1) is 30.3 Å². The van der Waals surface area contributed by atoms with E-state index in [2.05, 4.69) is 41.4 Å². The van der Waals surface area contributed by atoms with Crippen LogP contribution in [0.4, 0.5) is 9.93 Å². The predicted molar refractivity (Wildman–Crippen MR) is 236 cm³/mol. The van der Waals surface area contributed by atoms with Crippen molar-refractivity contribution in [3.05, 3.63) is 41.3 Å². The molecule has 2 aliphatic heterocycles. The highest BCUT2D eigenvalue weighted by atomic mass is 32.2. The molecule has 61 heavy (non-hydrogen) atoms. The number of anilines is 1. The van der Waals surface area contributed by atoms with E-state index in [4.69, 9.17) is 24.2 Å². The van der Waals surface area contributed by atoms with E-state index in [-0.39, 0.29) is 36.6 Å². The maximum absolute atomic E-state index is 14.8. The monoisotopic (exact) mass is 879 g/mol. The van der Waals surface area contributed by atoms with E-state index < -0.39 is 39.8 Å². The Kier molecular flexibility index (Phi) is 13.8. The average Bonchev–Trinajstić information content (AvgIpc) is 3.61. The molecule has 0 spiro atoms. The Morgan fingerprint density at radius 1 is 1.00 bits per heavy atom. The number of hydrogen-bond donors (Lipinski definition) is 3. The minimum atomic E-state index is -4.02. The van der Waals surface area contributed by atoms with Crippen molar-refractivity contribution in [2.24, 2.45) is 11.3 Å². The Balaban J connectivity index is 1.21. The fraction of sp³-hybridized carbons (Fsp3) is 0.614. The lowest BCUT2D eigenvalue weighted by molar-refractivity contribution is -0.134. The van der Waals surface area contributed by atoms with Gasteiger partial charge in [-0.2, -0.15) is 12.7 Å². The van der Waals surface area contributed by atoms with Crippen LogP contribution >= 0.6 is 11.3 Å². The number of benzene rings is 1. The summed E-state index contributed by atoms with van der Waals surface area (Å²) in [6.45, 7) is 6.31. The summed E-state index contributed by atoms with van der Waals surface area (Å²) in [5.74, 6) is 0.395. The molecular formula is C44H61N7O8S2. The Bertz CT molecular complexity index is 2220. The lowest BCUT2D eigenvalue weighted by Gasteiger charge is -2.30. The first-order valence-electron chi connectivity index (χ1n) is 21.7. The van der Waals surface area contributed by atoms with Gasteiger partial charge in [0.2, 0.25) is 11.8 Å². The third-order valence-electron chi connectivity index (χ3n) is 12.6. The lowest BCUT2D eigenvalue weighted by atomic mass is 9.92. The van der Waals surface area contributed by atoms with Gasteiger partial charge in [-0.05, 0) is 103 Å². The van der Waals surface area contributed by atoms with Crippen molar-refractivity contribution in [2.75, 3.05) is 33.1 Å². The van der Waals surface area contributed by atoms with Crippen molar-refractivity contribution in [1.29, 1.82) is 0 Å². The van der Waals surface area contributed by atoms with Crippen molar-refractivity contribution in [3.63, 3.8) is 0 Å². The second-order valence-corrected chi connectivity index (χ2v) is 20.3. The summed E-state index contributed by atoms with van der Waals surface area (Å²) in [6, 6.07) is 4.75. The summed E-state index contributed by atoms with van der Waals surface area (Å²) < 4.78 is 47.4. The standard InChI is InChI=1S/C44H61N7O8S2/c1-27(2)45-42-47-36(26-60-42)35-23-38(33-18-19-37(57-6)28(3)39(33)46-35)58-32-22-30-20-21-44(41(53)49-61(55,56)50(4)5)24-29(44)14-10-8-7-9-11-17-34(40(52)51(30)25-32)48-43(54)59-31-15-12-13-16-31/h10,14,18-19,23,26-27,29-32,34H,7-9,11-13,15-17,20-22,24-25H2,1-6H3,(H,45,47)(H,48,54)(H,49,53)/b14-10-/t29?,30-,32-,34+,44+/m1/s1. The highest BCUT2D eigenvalue weighted by Gasteiger charge is 2.59. The molecule has 5 atom stereocenters. The van der Waals surface area contributed by atoms with Gasteiger partial charge >= 0.3 is 16.3 Å². The molecule has 15 nitrogen and oxygen atoms in total. The Hall–Kier alpha value is -4.48. The molecule has 1 saturated heterocycles. The molecule has 0 bridgehead atoms. The smallest absolute Gasteiger partial charge is 0.408 e. The number of amides is 3. The zero-order valence-corrected chi connectivity index (χ0v) is 37.8. The number of aryl methyl sites for hydroxylation is 1. The number of thiazole rings is 1. The number of nitrogens with zero attached hydrogens (tertiary/aromatic N) is 4. The molecule has 2 aromatic heterocycles. The van der Waals surface area contributed by atoms with Crippen molar-refractivity contribution >= 4 is 55.5 Å². The number of allylic oxidation sites excluding steroid dienone is 2. The Morgan fingerprint density at radius 2 is 1.77 bits per heavy atom. The number of nitrogens with one attached hydrogen (secondary N) is 3. The van der Waals surface area contributed by atoms with Gasteiger partial charge in [0, 0.05) is 55.0 Å². The molecule has 17 heteroatoms. The molecular weight excluding hydrogens is 819 g/mol. The Morgan fingerprint density at radius 3 is 2.51 bits per heavy atom. The molecule has 4 aliphatic rings. The quantitative estimate of drug-likeness (QED) is 0.167. The molecule has 7 rings (SSSR count). The van der Waals surface area contributed by atoms with Gasteiger partial charge in [0.15, 0.2) is 5.13 Å². The number of methoxy groups -OCH3 is 1. The second kappa shape index (κ2) is 18.9. The zero-order chi connectivity index (χ0) is 43.5. The number of hydrogen-bond acceptors (Lipinski definition) is 12. The number of carbonyl (C=O) groups excluding carboxylic acids is 3. The SMILES string of the molecule is COc1ccc2c(O[C@@H]3C[C@H]4CC[C@]5(C(=O)NS(=O)(=O)N(C)C)CC5/C=C\CCCCC[C@H](NC(=O)OC5CCCC5)C(=O)N4C3)cc(-c3csc(NC(C)C)n3)nc2c1C. The number of rotatable bonds is 11. The van der Waals surface area contributed by atoms with Gasteiger partial charge < -0.3 is 29.7 Å². The molecule has 1 unspecified atom stereocenters. The van der Waals surface area contributed by atoms with Crippen LogP contribution in [0, 0.1) is 18.3 Å². The molecule has 4 heterocycles. The third kappa shape index (κ3) is 10.3. The molecule has 0 radical (unpaired) electrons. The summed E-state index contributed by atoms with van der Waals surface area (Å²) in [6.07, 6.45) is 12.0. The van der Waals surface area contributed by atoms with Gasteiger partial charge in [0.1, 0.15) is 35.4 Å². The molecule has 3 N–H and O–H groups in total. The first-order valence-corrected chi connectivity index (χ1v) is 24.1. The summed E-state index contributed by atoms with van der Waals surface area (Å²) in [5, 5.41) is 9.85. The van der Waals surface area contributed by atoms with Crippen LogP contribution in [0.15, 0.2) is 35.7 Å². The Labute approximate surface area is 363 Å². The van der Waals surface area contributed by atoms with E-state index in [1.54, 1.807) is 7.11 Å². The predicted octanol–water partition coefficient (Wildman–Crippen LogP) is 7.11. The van der Waals surface area contributed by atoms with Gasteiger partial charge in [-0.3, -0.25) is 9.59 Å². The van der Waals surface area contributed by atoms with Gasteiger partial charge in [-0.25, -0.2) is 19.5 Å². The van der Waals surface area contributed by atoms with Crippen LogP contribution in [0.25, 0.3) is 22.3 Å². The maximum Gasteiger partial charge on any atom is 0.408 e. The number of alkyl carbamates (subject to hydrolysis) is 1. The van der Waals surface area contributed by atoms with Crippen LogP contribution in [0.1, 0.15) is 103 Å². The number of pyridine rings is 1. The van der Waals surface area contributed by atoms with Gasteiger partial charge in [0.25, 0.3) is 0 Å². The van der Waals surface area contributed by atoms with Crippen LogP contribution < -0.4 is 24.8 Å². The largest absolute Gasteiger partial charge is 0.496 e. The highest BCUT2D eigenvalue weighted by Crippen LogP contribution is 2.58. The number of carbonyl (C=O) groups is 3. The minimum absolute atomic E-state index is 0.129. The maximum atomic E-state index is 14.8. The van der Waals surface area contributed by atoms with E-state index in [0.717, 1.165) is 71.8 Å². The minimum Gasteiger partial charge on any atom is -0.496 e. The fourth-order valence-corrected chi connectivity index (χ4v) is 10.5. The number of fused-ring (bicyclic) bond motifs is 3. The summed E-state index contributed by atoms with van der Waals surface area (Å²) >= 11 is 1.50. The van der Waals surface area contributed by atoms with Crippen LogP contribution in [-0.4, -0.2) is 104 Å². The molecule has 2 aliphatic carbocycles. The normalized spacial score (nSPS) is 25.6. The van der Waals surface area contributed by atoms with Crippen LogP contribution in [-0.2, 0) is 24.5 Å². The molecule has 3 amide bonds. The van der Waals surface area contributed by atoms with Crippen molar-refractivity contribution in [1.82, 2.24) is 29.2 Å². The topological polar surface area (TPSA) is 181 Å². The van der Waals surface area contributed by atoms with Crippen molar-refractivity contribution < 1.29 is 37.0 Å². The van der Waals surface area contributed by atoms with Crippen LogP contribution in [0.2, 0.25) is 0 Å². The third-order valence-corrected chi connectivity index (χ3v) is 14.8. The summed E-state index contributed by atoms with van der Waals surface area (Å²) in [7, 11) is 0.373. The number of ether oxygens (including phenoxy) is 3. The molecule has 1 aromatic carbocycles. The van der Waals surface area contributed by atoms with E-state index in [1.165, 1.54) is 25.4 Å². The lowest BCUT2D eigenvalue weighted by Crippen LogP contribution is -2.51. The molecule has 3 aromatic rings.